The second kappa shape index (κ2) is 7.41. The van der Waals surface area contributed by atoms with Crippen LogP contribution in [0, 0.1) is 0 Å². The summed E-state index contributed by atoms with van der Waals surface area (Å²) in [5, 5.41) is 0. The average molecular weight is 335 g/mol. The number of sulfonamides is 1. The lowest BCUT2D eigenvalue weighted by atomic mass is 10.3. The molecule has 0 fully saturated rings. The molecular weight excluding hydrogens is 321 g/mol. The van der Waals surface area contributed by atoms with Gasteiger partial charge in [-0.05, 0) is 6.42 Å². The zero-order chi connectivity index (χ0) is 11.0. The normalized spacial score (nSPS) is 11.3. The van der Waals surface area contributed by atoms with Crippen LogP contribution in [0.3, 0.4) is 0 Å². The first-order chi connectivity index (χ1) is 6.52. The van der Waals surface area contributed by atoms with Crippen molar-refractivity contribution in [1.29, 1.82) is 0 Å². The number of carbonyl (C=O) groups is 1. The van der Waals surface area contributed by atoms with E-state index < -0.39 is 10.0 Å². The quantitative estimate of drug-likeness (QED) is 0.413. The summed E-state index contributed by atoms with van der Waals surface area (Å²) in [6, 6.07) is 0. The Bertz CT molecular complexity index is 265. The number of carbonyl (C=O) groups excluding carboxylic acids is 1. The molecule has 5 nitrogen and oxygen atoms in total. The van der Waals surface area contributed by atoms with Gasteiger partial charge < -0.3 is 4.74 Å². The standard InChI is InChI=1S/C7H14INO4S/c1-13-7(10)3-2-6-14(11,12)9-5-4-8/h9H,2-6H2,1H3. The largest absolute Gasteiger partial charge is 0.469 e. The van der Waals surface area contributed by atoms with Crippen LogP contribution >= 0.6 is 22.6 Å². The number of halogens is 1. The van der Waals surface area contributed by atoms with E-state index in [0.717, 1.165) is 4.43 Å². The molecule has 0 aliphatic heterocycles. The maximum atomic E-state index is 11.2. The summed E-state index contributed by atoms with van der Waals surface area (Å²) in [6.07, 6.45) is 0.435. The Labute approximate surface area is 97.8 Å². The van der Waals surface area contributed by atoms with Gasteiger partial charge in [0.2, 0.25) is 10.0 Å². The van der Waals surface area contributed by atoms with E-state index in [0.29, 0.717) is 13.0 Å². The first-order valence-electron chi connectivity index (χ1n) is 4.12. The lowest BCUT2D eigenvalue weighted by Crippen LogP contribution is -2.28. The van der Waals surface area contributed by atoms with Gasteiger partial charge >= 0.3 is 5.97 Å². The molecule has 0 unspecified atom stereocenters. The van der Waals surface area contributed by atoms with Crippen molar-refractivity contribution in [2.45, 2.75) is 12.8 Å². The molecule has 0 radical (unpaired) electrons. The van der Waals surface area contributed by atoms with Crippen LogP contribution in [0.25, 0.3) is 0 Å². The summed E-state index contributed by atoms with van der Waals surface area (Å²) in [7, 11) is -1.93. The number of rotatable bonds is 7. The van der Waals surface area contributed by atoms with E-state index in [4.69, 9.17) is 0 Å². The van der Waals surface area contributed by atoms with Gasteiger partial charge in [0.05, 0.1) is 12.9 Å². The highest BCUT2D eigenvalue weighted by Gasteiger charge is 2.10. The molecule has 0 aliphatic carbocycles. The molecule has 0 aromatic heterocycles. The van der Waals surface area contributed by atoms with E-state index >= 15 is 0 Å². The van der Waals surface area contributed by atoms with Crippen LogP contribution in [0.2, 0.25) is 0 Å². The van der Waals surface area contributed by atoms with Gasteiger partial charge in [-0.15, -0.1) is 0 Å². The molecule has 0 aliphatic rings. The van der Waals surface area contributed by atoms with Crippen LogP contribution in [0.4, 0.5) is 0 Å². The third kappa shape index (κ3) is 7.51. The predicted molar refractivity (Wildman–Crippen MR) is 61.9 cm³/mol. The number of alkyl halides is 1. The topological polar surface area (TPSA) is 72.5 Å². The minimum Gasteiger partial charge on any atom is -0.469 e. The van der Waals surface area contributed by atoms with E-state index in [1.807, 2.05) is 0 Å². The molecule has 0 atom stereocenters. The molecule has 7 heteroatoms. The van der Waals surface area contributed by atoms with Crippen molar-refractivity contribution in [3.63, 3.8) is 0 Å². The molecule has 0 heterocycles. The second-order valence-electron chi connectivity index (χ2n) is 2.58. The van der Waals surface area contributed by atoms with Crippen LogP contribution in [-0.4, -0.2) is 38.2 Å². The monoisotopic (exact) mass is 335 g/mol. The molecular formula is C7H14INO4S. The number of hydrogen-bond acceptors (Lipinski definition) is 4. The van der Waals surface area contributed by atoms with E-state index in [-0.39, 0.29) is 18.1 Å². The van der Waals surface area contributed by atoms with E-state index in [1.54, 1.807) is 0 Å². The number of esters is 1. The fourth-order valence-electron chi connectivity index (χ4n) is 0.775. The van der Waals surface area contributed by atoms with Crippen molar-refractivity contribution in [2.75, 3.05) is 23.8 Å². The Hall–Kier alpha value is 0.110. The van der Waals surface area contributed by atoms with Gasteiger partial charge in [-0.1, -0.05) is 22.6 Å². The second-order valence-corrected chi connectivity index (χ2v) is 5.59. The lowest BCUT2D eigenvalue weighted by Gasteiger charge is -2.03. The Morgan fingerprint density at radius 1 is 1.50 bits per heavy atom. The number of ether oxygens (including phenoxy) is 1. The highest BCUT2D eigenvalue weighted by Crippen LogP contribution is 1.96. The van der Waals surface area contributed by atoms with Gasteiger partial charge in [-0.25, -0.2) is 13.1 Å². The van der Waals surface area contributed by atoms with E-state index in [2.05, 4.69) is 32.0 Å². The number of methoxy groups -OCH3 is 1. The van der Waals surface area contributed by atoms with Gasteiger partial charge in [0.25, 0.3) is 0 Å². The zero-order valence-electron chi connectivity index (χ0n) is 7.95. The molecule has 1 N–H and O–H groups in total. The molecule has 0 amide bonds. The highest BCUT2D eigenvalue weighted by molar-refractivity contribution is 14.1. The average Bonchev–Trinajstić information content (AvgIpc) is 2.14. The van der Waals surface area contributed by atoms with E-state index in [9.17, 15) is 13.2 Å². The molecule has 84 valence electrons. The van der Waals surface area contributed by atoms with Crippen LogP contribution in [0.1, 0.15) is 12.8 Å². The smallest absolute Gasteiger partial charge is 0.305 e. The summed E-state index contributed by atoms with van der Waals surface area (Å²) in [6.45, 7) is 0.432. The Morgan fingerprint density at radius 2 is 2.14 bits per heavy atom. The van der Waals surface area contributed by atoms with Gasteiger partial charge in [0.15, 0.2) is 0 Å². The van der Waals surface area contributed by atoms with Crippen molar-refractivity contribution in [1.82, 2.24) is 4.72 Å². The first kappa shape index (κ1) is 14.1. The first-order valence-corrected chi connectivity index (χ1v) is 7.29. The molecule has 0 saturated carbocycles. The van der Waals surface area contributed by atoms with Gasteiger partial charge in [0.1, 0.15) is 0 Å². The zero-order valence-corrected chi connectivity index (χ0v) is 10.9. The van der Waals surface area contributed by atoms with Crippen LogP contribution < -0.4 is 4.72 Å². The van der Waals surface area contributed by atoms with Crippen molar-refractivity contribution in [3.05, 3.63) is 0 Å². The van der Waals surface area contributed by atoms with Crippen molar-refractivity contribution in [2.24, 2.45) is 0 Å². The summed E-state index contributed by atoms with van der Waals surface area (Å²) in [4.78, 5) is 10.7. The lowest BCUT2D eigenvalue weighted by molar-refractivity contribution is -0.140. The van der Waals surface area contributed by atoms with Gasteiger partial charge in [0, 0.05) is 17.4 Å². The Balaban J connectivity index is 3.71. The summed E-state index contributed by atoms with van der Waals surface area (Å²) in [5.41, 5.74) is 0. The summed E-state index contributed by atoms with van der Waals surface area (Å²) in [5.74, 6) is -0.409. The maximum Gasteiger partial charge on any atom is 0.305 e. The van der Waals surface area contributed by atoms with Crippen LogP contribution in [0.15, 0.2) is 0 Å². The summed E-state index contributed by atoms with van der Waals surface area (Å²) >= 11 is 2.08. The maximum absolute atomic E-state index is 11.2. The molecule has 0 bridgehead atoms. The van der Waals surface area contributed by atoms with Gasteiger partial charge in [-0.3, -0.25) is 4.79 Å². The van der Waals surface area contributed by atoms with Crippen LogP contribution in [0.5, 0.6) is 0 Å². The minimum absolute atomic E-state index is 0.0290. The molecule has 0 aromatic rings. The minimum atomic E-state index is -3.21. The Kier molecular flexibility index (Phi) is 7.47. The number of nitrogens with one attached hydrogen (secondary N) is 1. The van der Waals surface area contributed by atoms with Crippen molar-refractivity contribution in [3.8, 4) is 0 Å². The van der Waals surface area contributed by atoms with E-state index in [1.165, 1.54) is 7.11 Å². The third-order valence-corrected chi connectivity index (χ3v) is 3.45. The fourth-order valence-corrected chi connectivity index (χ4v) is 2.49. The Morgan fingerprint density at radius 3 is 2.64 bits per heavy atom. The van der Waals surface area contributed by atoms with Crippen LogP contribution in [-0.2, 0) is 19.6 Å². The molecule has 0 spiro atoms. The predicted octanol–water partition coefficient (Wildman–Crippen LogP) is 0.294. The third-order valence-electron chi connectivity index (χ3n) is 1.44. The molecule has 0 aromatic carbocycles. The number of hydrogen-bond donors (Lipinski definition) is 1. The molecule has 0 rings (SSSR count). The molecule has 14 heavy (non-hydrogen) atoms. The fraction of sp³-hybridized carbons (Fsp3) is 0.857. The van der Waals surface area contributed by atoms with Crippen molar-refractivity contribution < 1.29 is 17.9 Å². The van der Waals surface area contributed by atoms with Gasteiger partial charge in [-0.2, -0.15) is 0 Å². The highest BCUT2D eigenvalue weighted by atomic mass is 127. The SMILES string of the molecule is COC(=O)CCCS(=O)(=O)NCCI. The van der Waals surface area contributed by atoms with Crippen molar-refractivity contribution >= 4 is 38.6 Å². The summed E-state index contributed by atoms with van der Waals surface area (Å²) < 4.78 is 29.9. The molecule has 0 saturated heterocycles.